The van der Waals surface area contributed by atoms with Gasteiger partial charge in [0.15, 0.2) is 0 Å². The number of nitrogens with two attached hydrogens (primary N) is 1. The van der Waals surface area contributed by atoms with E-state index in [2.05, 4.69) is 10.6 Å². The minimum atomic E-state index is -0.426. The lowest BCUT2D eigenvalue weighted by atomic mass is 9.86. The number of rotatable bonds is 5. The van der Waals surface area contributed by atoms with Crippen molar-refractivity contribution < 1.29 is 9.53 Å². The summed E-state index contributed by atoms with van der Waals surface area (Å²) < 4.78 is 5.77. The van der Waals surface area contributed by atoms with Gasteiger partial charge in [-0.05, 0) is 49.0 Å². The molecule has 24 heavy (non-hydrogen) atoms. The number of carbonyl (C=O) groups is 1. The molecule has 1 unspecified atom stereocenters. The van der Waals surface area contributed by atoms with E-state index in [4.69, 9.17) is 15.9 Å². The summed E-state index contributed by atoms with van der Waals surface area (Å²) in [6.07, 6.45) is 2.58. The standard InChI is InChI=1S/C18H22N4O2/c1-9(14(19)10-2-3-10)15(20)18(23)22-12-6-4-11(5-7-12)17-16-13(24-17)8-21-16/h4-7,10,13,16-17,20-21H,2-3,8,19H2,1H3,(H,22,23)/t13?,16-,17+/m1/s1. The minimum absolute atomic E-state index is 0.0627. The summed E-state index contributed by atoms with van der Waals surface area (Å²) in [4.78, 5) is 12.2. The predicted molar refractivity (Wildman–Crippen MR) is 91.8 cm³/mol. The van der Waals surface area contributed by atoms with Crippen molar-refractivity contribution in [2.45, 2.75) is 38.0 Å². The molecule has 0 radical (unpaired) electrons. The number of amides is 1. The van der Waals surface area contributed by atoms with Crippen LogP contribution < -0.4 is 16.4 Å². The van der Waals surface area contributed by atoms with E-state index in [1.807, 2.05) is 24.3 Å². The zero-order chi connectivity index (χ0) is 16.8. The van der Waals surface area contributed by atoms with Crippen LogP contribution in [-0.4, -0.2) is 30.3 Å². The lowest BCUT2D eigenvalue weighted by Gasteiger charge is -2.53. The third-order valence-corrected chi connectivity index (χ3v) is 5.15. The van der Waals surface area contributed by atoms with E-state index in [0.717, 1.165) is 24.9 Å². The number of allylic oxidation sites excluding steroid dienone is 1. The second kappa shape index (κ2) is 5.72. The van der Waals surface area contributed by atoms with Gasteiger partial charge in [-0.15, -0.1) is 0 Å². The molecule has 2 saturated heterocycles. The molecule has 4 rings (SSSR count). The van der Waals surface area contributed by atoms with E-state index in [1.54, 1.807) is 6.92 Å². The highest BCUT2D eigenvalue weighted by Gasteiger charge is 2.49. The molecule has 3 fully saturated rings. The summed E-state index contributed by atoms with van der Waals surface area (Å²) in [5.74, 6) is -0.0756. The molecule has 1 aromatic rings. The quantitative estimate of drug-likeness (QED) is 0.619. The Labute approximate surface area is 141 Å². The molecule has 0 bridgehead atoms. The van der Waals surface area contributed by atoms with Crippen LogP contribution in [0.4, 0.5) is 5.69 Å². The van der Waals surface area contributed by atoms with E-state index >= 15 is 0 Å². The normalized spacial score (nSPS) is 28.8. The highest BCUT2D eigenvalue weighted by Crippen LogP contribution is 2.40. The van der Waals surface area contributed by atoms with Crippen LogP contribution in [-0.2, 0) is 9.53 Å². The maximum Gasteiger partial charge on any atom is 0.273 e. The maximum atomic E-state index is 12.2. The van der Waals surface area contributed by atoms with E-state index < -0.39 is 5.91 Å². The molecule has 1 aliphatic carbocycles. The largest absolute Gasteiger partial charge is 0.402 e. The number of morpholine rings is 1. The molecule has 1 aromatic carbocycles. The van der Waals surface area contributed by atoms with Crippen molar-refractivity contribution in [2.24, 2.45) is 11.7 Å². The summed E-state index contributed by atoms with van der Waals surface area (Å²) in [6, 6.07) is 8.04. The fourth-order valence-corrected chi connectivity index (χ4v) is 3.22. The molecule has 3 aliphatic rings. The first kappa shape index (κ1) is 15.4. The fraction of sp³-hybridized carbons (Fsp3) is 0.444. The van der Waals surface area contributed by atoms with Crippen molar-refractivity contribution in [2.75, 3.05) is 11.9 Å². The molecule has 2 heterocycles. The molecule has 5 N–H and O–H groups in total. The topological polar surface area (TPSA) is 100 Å². The van der Waals surface area contributed by atoms with Gasteiger partial charge in [0.1, 0.15) is 11.8 Å². The van der Waals surface area contributed by atoms with Crippen LogP contribution in [0.2, 0.25) is 0 Å². The summed E-state index contributed by atoms with van der Waals surface area (Å²) in [5.41, 5.74) is 8.96. The van der Waals surface area contributed by atoms with E-state index in [0.29, 0.717) is 35.0 Å². The Morgan fingerprint density at radius 2 is 2.04 bits per heavy atom. The van der Waals surface area contributed by atoms with Gasteiger partial charge in [0.25, 0.3) is 5.91 Å². The minimum Gasteiger partial charge on any atom is -0.402 e. The van der Waals surface area contributed by atoms with Crippen molar-refractivity contribution in [1.29, 1.82) is 5.41 Å². The molecule has 2 aliphatic heterocycles. The Balaban J connectivity index is 1.38. The Bertz CT molecular complexity index is 721. The van der Waals surface area contributed by atoms with Crippen LogP contribution in [0.25, 0.3) is 0 Å². The average molecular weight is 326 g/mol. The molecular weight excluding hydrogens is 304 g/mol. The second-order valence-electron chi connectivity index (χ2n) is 6.83. The van der Waals surface area contributed by atoms with Gasteiger partial charge in [0.2, 0.25) is 0 Å². The van der Waals surface area contributed by atoms with E-state index in [9.17, 15) is 4.79 Å². The molecular formula is C18H22N4O2. The lowest BCUT2D eigenvalue weighted by molar-refractivity contribution is -0.203. The molecule has 0 aromatic heterocycles. The van der Waals surface area contributed by atoms with Gasteiger partial charge in [-0.3, -0.25) is 10.2 Å². The van der Waals surface area contributed by atoms with Gasteiger partial charge in [0.05, 0.1) is 12.1 Å². The molecule has 1 amide bonds. The predicted octanol–water partition coefficient (Wildman–Crippen LogP) is 1.70. The van der Waals surface area contributed by atoms with Crippen LogP contribution in [0.3, 0.4) is 0 Å². The van der Waals surface area contributed by atoms with Gasteiger partial charge in [0, 0.05) is 17.9 Å². The molecule has 3 atom stereocenters. The maximum absolute atomic E-state index is 12.2. The molecule has 0 spiro atoms. The van der Waals surface area contributed by atoms with Crippen LogP contribution in [0.1, 0.15) is 31.4 Å². The van der Waals surface area contributed by atoms with Gasteiger partial charge in [-0.2, -0.15) is 0 Å². The number of benzene rings is 1. The summed E-state index contributed by atoms with van der Waals surface area (Å²) in [5, 5.41) is 14.1. The Hall–Kier alpha value is -2.18. The fourth-order valence-electron chi connectivity index (χ4n) is 3.22. The molecule has 6 nitrogen and oxygen atoms in total. The van der Waals surface area contributed by atoms with Crippen molar-refractivity contribution in [3.8, 4) is 0 Å². The van der Waals surface area contributed by atoms with Crippen molar-refractivity contribution in [3.63, 3.8) is 0 Å². The third-order valence-electron chi connectivity index (χ3n) is 5.15. The Kier molecular flexibility index (Phi) is 3.66. The molecule has 6 heteroatoms. The highest BCUT2D eigenvalue weighted by molar-refractivity contribution is 6.47. The number of anilines is 1. The van der Waals surface area contributed by atoms with Crippen LogP contribution in [0.15, 0.2) is 35.5 Å². The number of nitrogens with one attached hydrogen (secondary N) is 3. The molecule has 126 valence electrons. The summed E-state index contributed by atoms with van der Waals surface area (Å²) in [6.45, 7) is 2.68. The van der Waals surface area contributed by atoms with Gasteiger partial charge >= 0.3 is 0 Å². The second-order valence-corrected chi connectivity index (χ2v) is 6.83. The van der Waals surface area contributed by atoms with Crippen LogP contribution in [0.5, 0.6) is 0 Å². The first-order valence-electron chi connectivity index (χ1n) is 8.40. The Morgan fingerprint density at radius 1 is 1.33 bits per heavy atom. The first-order chi connectivity index (χ1) is 11.5. The zero-order valence-electron chi connectivity index (χ0n) is 13.6. The number of carbonyl (C=O) groups excluding carboxylic acids is 1. The van der Waals surface area contributed by atoms with E-state index in [-0.39, 0.29) is 11.8 Å². The zero-order valence-corrected chi connectivity index (χ0v) is 13.6. The SMILES string of the molecule is CC(C(=N)C(=O)Nc1ccc([C@@H]2OC3CN[C@H]32)cc1)=C(N)C1CC1. The van der Waals surface area contributed by atoms with Crippen molar-refractivity contribution >= 4 is 17.3 Å². The smallest absolute Gasteiger partial charge is 0.273 e. The van der Waals surface area contributed by atoms with Crippen molar-refractivity contribution in [3.05, 3.63) is 41.1 Å². The molecule has 1 saturated carbocycles. The van der Waals surface area contributed by atoms with Gasteiger partial charge < -0.3 is 21.1 Å². The number of hydrogen-bond acceptors (Lipinski definition) is 5. The van der Waals surface area contributed by atoms with E-state index in [1.165, 1.54) is 0 Å². The number of ether oxygens (including phenoxy) is 1. The van der Waals surface area contributed by atoms with Gasteiger partial charge in [-0.1, -0.05) is 12.1 Å². The lowest BCUT2D eigenvalue weighted by Crippen LogP contribution is -2.69. The van der Waals surface area contributed by atoms with Gasteiger partial charge in [-0.25, -0.2) is 0 Å². The monoisotopic (exact) mass is 326 g/mol. The Morgan fingerprint density at radius 3 is 2.54 bits per heavy atom. The van der Waals surface area contributed by atoms with Crippen LogP contribution in [0, 0.1) is 11.3 Å². The number of hydrogen-bond donors (Lipinski definition) is 4. The van der Waals surface area contributed by atoms with Crippen LogP contribution >= 0.6 is 0 Å². The average Bonchev–Trinajstić information content (AvgIpc) is 3.41. The summed E-state index contributed by atoms with van der Waals surface area (Å²) in [7, 11) is 0. The summed E-state index contributed by atoms with van der Waals surface area (Å²) >= 11 is 0. The first-order valence-corrected chi connectivity index (χ1v) is 8.40. The third kappa shape index (κ3) is 2.61. The van der Waals surface area contributed by atoms with Crippen molar-refractivity contribution in [1.82, 2.24) is 5.32 Å². The highest BCUT2D eigenvalue weighted by atomic mass is 16.5. The number of fused-ring (bicyclic) bond motifs is 1.